The predicted octanol–water partition coefficient (Wildman–Crippen LogP) is 3.13. The molecule has 2 aromatic rings. The van der Waals surface area contributed by atoms with Crippen LogP contribution in [0.25, 0.3) is 0 Å². The molecule has 1 N–H and O–H groups in total. The van der Waals surface area contributed by atoms with Crippen LogP contribution in [-0.4, -0.2) is 10.1 Å². The Morgan fingerprint density at radius 1 is 1.19 bits per heavy atom. The van der Waals surface area contributed by atoms with Crippen molar-refractivity contribution in [1.82, 2.24) is 4.98 Å². The standard InChI is InChI=1S/C13H12ClNO/c1-9-4-2-3-5-10(9)13(16)11-6-7-15-8-12(11)14/h2-8,13,16H,1H3. The first kappa shape index (κ1) is 11.1. The zero-order chi connectivity index (χ0) is 11.5. The minimum absolute atomic E-state index is 0.484. The van der Waals surface area contributed by atoms with Gasteiger partial charge in [0.05, 0.1) is 5.02 Å². The number of halogens is 1. The van der Waals surface area contributed by atoms with Crippen LogP contribution in [0.5, 0.6) is 0 Å². The van der Waals surface area contributed by atoms with Crippen molar-refractivity contribution in [3.05, 3.63) is 64.4 Å². The van der Waals surface area contributed by atoms with Crippen LogP contribution in [0.4, 0.5) is 0 Å². The minimum atomic E-state index is -0.698. The van der Waals surface area contributed by atoms with Crippen LogP contribution < -0.4 is 0 Å². The third-order valence-corrected chi connectivity index (χ3v) is 2.90. The first-order chi connectivity index (χ1) is 7.70. The lowest BCUT2D eigenvalue weighted by Crippen LogP contribution is -2.02. The van der Waals surface area contributed by atoms with Crippen LogP contribution in [0.2, 0.25) is 5.02 Å². The first-order valence-corrected chi connectivity index (χ1v) is 5.41. The molecular formula is C13H12ClNO. The van der Waals surface area contributed by atoms with Gasteiger partial charge in [-0.15, -0.1) is 0 Å². The average Bonchev–Trinajstić information content (AvgIpc) is 2.29. The Morgan fingerprint density at radius 2 is 1.94 bits per heavy atom. The van der Waals surface area contributed by atoms with E-state index >= 15 is 0 Å². The number of benzene rings is 1. The summed E-state index contributed by atoms with van der Waals surface area (Å²) in [6, 6.07) is 9.45. The van der Waals surface area contributed by atoms with Gasteiger partial charge in [-0.05, 0) is 24.1 Å². The molecule has 82 valence electrons. The molecule has 0 saturated carbocycles. The van der Waals surface area contributed by atoms with Gasteiger partial charge in [-0.2, -0.15) is 0 Å². The van der Waals surface area contributed by atoms with Crippen LogP contribution in [0, 0.1) is 6.92 Å². The minimum Gasteiger partial charge on any atom is -0.384 e. The van der Waals surface area contributed by atoms with Crippen molar-refractivity contribution in [1.29, 1.82) is 0 Å². The molecule has 0 aliphatic rings. The fraction of sp³-hybridized carbons (Fsp3) is 0.154. The molecule has 3 heteroatoms. The zero-order valence-electron chi connectivity index (χ0n) is 8.89. The molecule has 0 radical (unpaired) electrons. The van der Waals surface area contributed by atoms with Crippen molar-refractivity contribution in [3.63, 3.8) is 0 Å². The average molecular weight is 234 g/mol. The number of hydrogen-bond acceptors (Lipinski definition) is 2. The van der Waals surface area contributed by atoms with Gasteiger partial charge in [0.2, 0.25) is 0 Å². The van der Waals surface area contributed by atoms with Crippen molar-refractivity contribution in [2.75, 3.05) is 0 Å². The molecule has 1 unspecified atom stereocenters. The molecule has 0 amide bonds. The summed E-state index contributed by atoms with van der Waals surface area (Å²) >= 11 is 6.00. The maximum Gasteiger partial charge on any atom is 0.106 e. The van der Waals surface area contributed by atoms with Gasteiger partial charge in [-0.3, -0.25) is 4.98 Å². The molecule has 1 aromatic heterocycles. The Morgan fingerprint density at radius 3 is 2.62 bits per heavy atom. The lowest BCUT2D eigenvalue weighted by molar-refractivity contribution is 0.219. The Hall–Kier alpha value is -1.38. The van der Waals surface area contributed by atoms with Crippen LogP contribution in [0.15, 0.2) is 42.7 Å². The summed E-state index contributed by atoms with van der Waals surface area (Å²) in [4.78, 5) is 3.90. The highest BCUT2D eigenvalue weighted by atomic mass is 35.5. The monoisotopic (exact) mass is 233 g/mol. The van der Waals surface area contributed by atoms with Gasteiger partial charge in [-0.25, -0.2) is 0 Å². The Balaban J connectivity index is 2.44. The van der Waals surface area contributed by atoms with Gasteiger partial charge >= 0.3 is 0 Å². The van der Waals surface area contributed by atoms with Gasteiger partial charge in [0, 0.05) is 18.0 Å². The summed E-state index contributed by atoms with van der Waals surface area (Å²) in [7, 11) is 0. The number of hydrogen-bond donors (Lipinski definition) is 1. The molecule has 1 aromatic carbocycles. The number of nitrogens with zero attached hydrogens (tertiary/aromatic N) is 1. The van der Waals surface area contributed by atoms with E-state index in [1.54, 1.807) is 18.5 Å². The molecule has 0 aliphatic heterocycles. The Kier molecular flexibility index (Phi) is 3.22. The molecule has 0 aliphatic carbocycles. The Labute approximate surface area is 99.5 Å². The number of aliphatic hydroxyl groups is 1. The second kappa shape index (κ2) is 4.64. The highest BCUT2D eigenvalue weighted by Crippen LogP contribution is 2.28. The maximum atomic E-state index is 10.2. The van der Waals surface area contributed by atoms with E-state index in [0.29, 0.717) is 10.6 Å². The molecule has 0 spiro atoms. The zero-order valence-corrected chi connectivity index (χ0v) is 9.65. The highest BCUT2D eigenvalue weighted by molar-refractivity contribution is 6.31. The van der Waals surface area contributed by atoms with E-state index in [9.17, 15) is 5.11 Å². The van der Waals surface area contributed by atoms with E-state index in [-0.39, 0.29) is 0 Å². The van der Waals surface area contributed by atoms with Gasteiger partial charge in [-0.1, -0.05) is 35.9 Å². The normalized spacial score (nSPS) is 12.4. The van der Waals surface area contributed by atoms with Crippen LogP contribution in [0.1, 0.15) is 22.8 Å². The smallest absolute Gasteiger partial charge is 0.106 e. The van der Waals surface area contributed by atoms with Crippen molar-refractivity contribution in [3.8, 4) is 0 Å². The molecule has 16 heavy (non-hydrogen) atoms. The third-order valence-electron chi connectivity index (χ3n) is 2.58. The summed E-state index contributed by atoms with van der Waals surface area (Å²) in [5.74, 6) is 0. The van der Waals surface area contributed by atoms with Crippen LogP contribution in [0.3, 0.4) is 0 Å². The highest BCUT2D eigenvalue weighted by Gasteiger charge is 2.14. The van der Waals surface area contributed by atoms with Crippen LogP contribution in [-0.2, 0) is 0 Å². The van der Waals surface area contributed by atoms with Crippen molar-refractivity contribution < 1.29 is 5.11 Å². The molecule has 2 rings (SSSR count). The van der Waals surface area contributed by atoms with Gasteiger partial charge < -0.3 is 5.11 Å². The van der Waals surface area contributed by atoms with Crippen molar-refractivity contribution in [2.24, 2.45) is 0 Å². The Bertz CT molecular complexity index is 453. The summed E-state index contributed by atoms with van der Waals surface area (Å²) in [5.41, 5.74) is 2.60. The number of rotatable bonds is 2. The molecular weight excluding hydrogens is 222 g/mol. The number of aromatic nitrogens is 1. The number of aliphatic hydroxyl groups excluding tert-OH is 1. The molecule has 0 fully saturated rings. The fourth-order valence-corrected chi connectivity index (χ4v) is 1.89. The molecule has 2 nitrogen and oxygen atoms in total. The lowest BCUT2D eigenvalue weighted by atomic mass is 9.98. The molecule has 1 atom stereocenters. The quantitative estimate of drug-likeness (QED) is 0.865. The molecule has 0 bridgehead atoms. The summed E-state index contributed by atoms with van der Waals surface area (Å²) in [6.07, 6.45) is 2.47. The number of pyridine rings is 1. The predicted molar refractivity (Wildman–Crippen MR) is 64.5 cm³/mol. The largest absolute Gasteiger partial charge is 0.384 e. The lowest BCUT2D eigenvalue weighted by Gasteiger charge is -2.14. The number of aryl methyl sites for hydroxylation is 1. The van der Waals surface area contributed by atoms with E-state index in [1.807, 2.05) is 31.2 Å². The van der Waals surface area contributed by atoms with E-state index in [2.05, 4.69) is 4.98 Å². The van der Waals surface area contributed by atoms with Gasteiger partial charge in [0.25, 0.3) is 0 Å². The first-order valence-electron chi connectivity index (χ1n) is 5.03. The second-order valence-electron chi connectivity index (χ2n) is 3.66. The van der Waals surface area contributed by atoms with Gasteiger partial charge in [0.15, 0.2) is 0 Å². The van der Waals surface area contributed by atoms with E-state index in [1.165, 1.54) is 0 Å². The maximum absolute atomic E-state index is 10.2. The van der Waals surface area contributed by atoms with Crippen LogP contribution >= 0.6 is 11.6 Å². The van der Waals surface area contributed by atoms with E-state index in [0.717, 1.165) is 11.1 Å². The van der Waals surface area contributed by atoms with Gasteiger partial charge in [0.1, 0.15) is 6.10 Å². The van der Waals surface area contributed by atoms with E-state index in [4.69, 9.17) is 11.6 Å². The SMILES string of the molecule is Cc1ccccc1C(O)c1ccncc1Cl. The summed E-state index contributed by atoms with van der Waals surface area (Å²) < 4.78 is 0. The summed E-state index contributed by atoms with van der Waals surface area (Å²) in [6.45, 7) is 1.97. The summed E-state index contributed by atoms with van der Waals surface area (Å²) in [5, 5.41) is 10.7. The molecule has 0 saturated heterocycles. The third kappa shape index (κ3) is 2.08. The van der Waals surface area contributed by atoms with Crippen molar-refractivity contribution >= 4 is 11.6 Å². The van der Waals surface area contributed by atoms with E-state index < -0.39 is 6.10 Å². The molecule has 1 heterocycles. The fourth-order valence-electron chi connectivity index (χ4n) is 1.67. The van der Waals surface area contributed by atoms with Crippen molar-refractivity contribution in [2.45, 2.75) is 13.0 Å². The topological polar surface area (TPSA) is 33.1 Å². The second-order valence-corrected chi connectivity index (χ2v) is 4.06.